The molecule has 1 aromatic rings. The van der Waals surface area contributed by atoms with Crippen molar-refractivity contribution in [3.63, 3.8) is 0 Å². The summed E-state index contributed by atoms with van der Waals surface area (Å²) in [7, 11) is 0. The van der Waals surface area contributed by atoms with Gasteiger partial charge >= 0.3 is 0 Å². The number of carbonyl (C=O) groups is 1. The van der Waals surface area contributed by atoms with Gasteiger partial charge in [-0.15, -0.1) is 0 Å². The van der Waals surface area contributed by atoms with Crippen LogP contribution in [0.3, 0.4) is 0 Å². The number of halogens is 1. The number of rotatable bonds is 6. The predicted octanol–water partition coefficient (Wildman–Crippen LogP) is 2.22. The highest BCUT2D eigenvalue weighted by Crippen LogP contribution is 2.24. The lowest BCUT2D eigenvalue weighted by molar-refractivity contribution is 0.0971. The zero-order chi connectivity index (χ0) is 15.8. The standard InChI is InChI=1S/C14H19BrN2O3S/c1-9(2)20-12-5-4-10(15)8-11(12)13(19)17-14(21)16-6-3-7-18/h4-5,8-9,18H,3,6-7H2,1-2H3,(H2,16,17,19,21). The summed E-state index contributed by atoms with van der Waals surface area (Å²) >= 11 is 8.37. The zero-order valence-corrected chi connectivity index (χ0v) is 14.4. The molecule has 0 unspecified atom stereocenters. The van der Waals surface area contributed by atoms with E-state index in [-0.39, 0.29) is 23.7 Å². The minimum Gasteiger partial charge on any atom is -0.490 e. The number of nitrogens with one attached hydrogen (secondary N) is 2. The van der Waals surface area contributed by atoms with E-state index in [1.54, 1.807) is 12.1 Å². The van der Waals surface area contributed by atoms with E-state index in [0.29, 0.717) is 24.3 Å². The van der Waals surface area contributed by atoms with E-state index >= 15 is 0 Å². The molecule has 0 aromatic heterocycles. The Labute approximate surface area is 138 Å². The van der Waals surface area contributed by atoms with Crippen molar-refractivity contribution in [3.8, 4) is 5.75 Å². The first-order valence-corrected chi connectivity index (χ1v) is 7.80. The molecule has 3 N–H and O–H groups in total. The molecule has 7 heteroatoms. The highest BCUT2D eigenvalue weighted by Gasteiger charge is 2.15. The number of ether oxygens (including phenoxy) is 1. The zero-order valence-electron chi connectivity index (χ0n) is 12.0. The summed E-state index contributed by atoms with van der Waals surface area (Å²) in [5.74, 6) is 0.164. The monoisotopic (exact) mass is 374 g/mol. The van der Waals surface area contributed by atoms with Crippen molar-refractivity contribution in [2.24, 2.45) is 0 Å². The quantitative estimate of drug-likeness (QED) is 0.526. The maximum Gasteiger partial charge on any atom is 0.261 e. The lowest BCUT2D eigenvalue weighted by Gasteiger charge is -2.15. The molecule has 0 fully saturated rings. The second-order valence-electron chi connectivity index (χ2n) is 4.59. The number of carbonyl (C=O) groups excluding carboxylic acids is 1. The average molecular weight is 375 g/mol. The summed E-state index contributed by atoms with van der Waals surface area (Å²) in [6.07, 6.45) is 0.529. The van der Waals surface area contributed by atoms with Gasteiger partial charge in [-0.1, -0.05) is 15.9 Å². The molecule has 1 aromatic carbocycles. The van der Waals surface area contributed by atoms with Crippen molar-refractivity contribution in [1.82, 2.24) is 10.6 Å². The van der Waals surface area contributed by atoms with Gasteiger partial charge in [-0.05, 0) is 50.7 Å². The van der Waals surface area contributed by atoms with Crippen LogP contribution in [0.1, 0.15) is 30.6 Å². The Balaban J connectivity index is 2.76. The molecule has 116 valence electrons. The van der Waals surface area contributed by atoms with Gasteiger partial charge in [-0.3, -0.25) is 10.1 Å². The van der Waals surface area contributed by atoms with Crippen LogP contribution in [0.4, 0.5) is 0 Å². The van der Waals surface area contributed by atoms with Gasteiger partial charge in [0.15, 0.2) is 5.11 Å². The van der Waals surface area contributed by atoms with E-state index in [0.717, 1.165) is 4.47 Å². The van der Waals surface area contributed by atoms with Crippen LogP contribution in [0.2, 0.25) is 0 Å². The molecule has 0 heterocycles. The van der Waals surface area contributed by atoms with Crippen LogP contribution in [0.5, 0.6) is 5.75 Å². The molecule has 1 amide bonds. The summed E-state index contributed by atoms with van der Waals surface area (Å²) in [6, 6.07) is 5.23. The minimum atomic E-state index is -0.339. The van der Waals surface area contributed by atoms with Crippen molar-refractivity contribution in [2.75, 3.05) is 13.2 Å². The van der Waals surface area contributed by atoms with E-state index in [1.165, 1.54) is 0 Å². The van der Waals surface area contributed by atoms with Gasteiger partial charge < -0.3 is 15.2 Å². The van der Waals surface area contributed by atoms with Crippen LogP contribution < -0.4 is 15.4 Å². The minimum absolute atomic E-state index is 0.0349. The van der Waals surface area contributed by atoms with E-state index < -0.39 is 0 Å². The average Bonchev–Trinajstić information content (AvgIpc) is 2.40. The number of thiocarbonyl (C=S) groups is 1. The predicted molar refractivity (Wildman–Crippen MR) is 89.7 cm³/mol. The van der Waals surface area contributed by atoms with Crippen molar-refractivity contribution in [3.05, 3.63) is 28.2 Å². The van der Waals surface area contributed by atoms with E-state index in [2.05, 4.69) is 26.6 Å². The molecule has 0 saturated carbocycles. The fourth-order valence-corrected chi connectivity index (χ4v) is 2.09. The molecule has 0 radical (unpaired) electrons. The summed E-state index contributed by atoms with van der Waals surface area (Å²) in [6.45, 7) is 4.36. The summed E-state index contributed by atoms with van der Waals surface area (Å²) < 4.78 is 6.40. The third kappa shape index (κ3) is 6.41. The molecule has 1 rings (SSSR count). The normalized spacial score (nSPS) is 10.3. The first kappa shape index (κ1) is 17.9. The van der Waals surface area contributed by atoms with Gasteiger partial charge in [-0.25, -0.2) is 0 Å². The molecule has 0 bridgehead atoms. The highest BCUT2D eigenvalue weighted by molar-refractivity contribution is 9.10. The van der Waals surface area contributed by atoms with E-state index in [9.17, 15) is 4.79 Å². The molecule has 21 heavy (non-hydrogen) atoms. The van der Waals surface area contributed by atoms with Crippen LogP contribution in [0.25, 0.3) is 0 Å². The third-order valence-corrected chi connectivity index (χ3v) is 3.14. The summed E-state index contributed by atoms with van der Waals surface area (Å²) in [5.41, 5.74) is 0.407. The Morgan fingerprint density at radius 2 is 2.19 bits per heavy atom. The van der Waals surface area contributed by atoms with Crippen molar-refractivity contribution >= 4 is 39.2 Å². The third-order valence-electron chi connectivity index (χ3n) is 2.40. The van der Waals surface area contributed by atoms with Crippen LogP contribution in [0.15, 0.2) is 22.7 Å². The van der Waals surface area contributed by atoms with Gasteiger partial charge in [0.1, 0.15) is 5.75 Å². The number of aliphatic hydroxyl groups is 1. The van der Waals surface area contributed by atoms with Crippen LogP contribution in [-0.4, -0.2) is 35.4 Å². The van der Waals surface area contributed by atoms with E-state index in [4.69, 9.17) is 22.1 Å². The lowest BCUT2D eigenvalue weighted by Crippen LogP contribution is -2.40. The molecule has 0 atom stereocenters. The van der Waals surface area contributed by atoms with Crippen molar-refractivity contribution < 1.29 is 14.6 Å². The number of aliphatic hydroxyl groups excluding tert-OH is 1. The van der Waals surface area contributed by atoms with Gasteiger partial charge in [0.05, 0.1) is 11.7 Å². The van der Waals surface area contributed by atoms with Gasteiger partial charge in [-0.2, -0.15) is 0 Å². The Bertz CT molecular complexity index is 509. The van der Waals surface area contributed by atoms with Gasteiger partial charge in [0, 0.05) is 17.6 Å². The molecule has 0 aliphatic heterocycles. The molecule has 5 nitrogen and oxygen atoms in total. The van der Waals surface area contributed by atoms with E-state index in [1.807, 2.05) is 19.9 Å². The Hall–Kier alpha value is -1.18. The Kier molecular flexibility index (Phi) is 7.63. The largest absolute Gasteiger partial charge is 0.490 e. The van der Waals surface area contributed by atoms with Crippen LogP contribution >= 0.6 is 28.1 Å². The van der Waals surface area contributed by atoms with Crippen molar-refractivity contribution in [2.45, 2.75) is 26.4 Å². The second-order valence-corrected chi connectivity index (χ2v) is 5.92. The number of hydrogen-bond acceptors (Lipinski definition) is 4. The first-order valence-electron chi connectivity index (χ1n) is 6.60. The second kappa shape index (κ2) is 8.96. The summed E-state index contributed by atoms with van der Waals surface area (Å²) in [5, 5.41) is 14.4. The molecular weight excluding hydrogens is 356 g/mol. The fraction of sp³-hybridized carbons (Fsp3) is 0.429. The van der Waals surface area contributed by atoms with Crippen LogP contribution in [0, 0.1) is 0 Å². The molecule has 0 spiro atoms. The Morgan fingerprint density at radius 3 is 2.81 bits per heavy atom. The molecule has 0 saturated heterocycles. The number of benzene rings is 1. The topological polar surface area (TPSA) is 70.6 Å². The van der Waals surface area contributed by atoms with Crippen LogP contribution in [-0.2, 0) is 0 Å². The highest BCUT2D eigenvalue weighted by atomic mass is 79.9. The fourth-order valence-electron chi connectivity index (χ4n) is 1.53. The molecule has 0 aliphatic carbocycles. The van der Waals surface area contributed by atoms with Gasteiger partial charge in [0.2, 0.25) is 0 Å². The number of hydrogen-bond donors (Lipinski definition) is 3. The Morgan fingerprint density at radius 1 is 1.48 bits per heavy atom. The molecule has 0 aliphatic rings. The molecular formula is C14H19BrN2O3S. The maximum atomic E-state index is 12.3. The summed E-state index contributed by atoms with van der Waals surface area (Å²) in [4.78, 5) is 12.3. The lowest BCUT2D eigenvalue weighted by atomic mass is 10.2. The first-order chi connectivity index (χ1) is 9.93. The van der Waals surface area contributed by atoms with Gasteiger partial charge in [0.25, 0.3) is 5.91 Å². The smallest absolute Gasteiger partial charge is 0.261 e. The number of amides is 1. The SMILES string of the molecule is CC(C)Oc1ccc(Br)cc1C(=O)NC(=S)NCCCO. The maximum absolute atomic E-state index is 12.3. The van der Waals surface area contributed by atoms with Crippen molar-refractivity contribution in [1.29, 1.82) is 0 Å².